The fourth-order valence-corrected chi connectivity index (χ4v) is 3.58. The molecule has 42 heavy (non-hydrogen) atoms. The van der Waals surface area contributed by atoms with E-state index in [9.17, 15) is 14.4 Å². The predicted octanol–water partition coefficient (Wildman–Crippen LogP) is 9.38. The Kier molecular flexibility index (Phi) is 16.4. The van der Waals surface area contributed by atoms with Gasteiger partial charge in [-0.15, -0.1) is 0 Å². The van der Waals surface area contributed by atoms with Gasteiger partial charge in [0, 0.05) is 15.0 Å². The highest BCUT2D eigenvalue weighted by Crippen LogP contribution is 2.19. The largest absolute Gasteiger partial charge is 0.519 e. The average molecular weight is 719 g/mol. The van der Waals surface area contributed by atoms with E-state index >= 15 is 0 Å². The number of hydrogen-bond acceptors (Lipinski definition) is 8. The van der Waals surface area contributed by atoms with Crippen molar-refractivity contribution in [3.63, 3.8) is 0 Å². The Balaban J connectivity index is 0.000000620. The van der Waals surface area contributed by atoms with Crippen molar-refractivity contribution in [1.29, 1.82) is 0 Å². The van der Waals surface area contributed by atoms with Gasteiger partial charge in [-0.1, -0.05) is 56.1 Å². The number of alkyl carbamates (subject to hydrolysis) is 1. The highest BCUT2D eigenvalue weighted by molar-refractivity contribution is 9.10. The van der Waals surface area contributed by atoms with Gasteiger partial charge in [-0.2, -0.15) is 0 Å². The SMILES string of the molecule is CC(C)(C)OC(=O)OC(=O)OC(C)(C)C.C[C@@H](N)c1cccc(Br)c1.C[C@@H](NC(=O)OC(C)(C)C)c1cccc(Br)c1. The van der Waals surface area contributed by atoms with E-state index in [0.29, 0.717) is 0 Å². The van der Waals surface area contributed by atoms with Gasteiger partial charge in [0.15, 0.2) is 0 Å². The van der Waals surface area contributed by atoms with E-state index in [1.165, 1.54) is 0 Å². The van der Waals surface area contributed by atoms with Crippen LogP contribution in [0.15, 0.2) is 57.5 Å². The highest BCUT2D eigenvalue weighted by Gasteiger charge is 2.24. The van der Waals surface area contributed by atoms with E-state index in [4.69, 9.17) is 19.9 Å². The Morgan fingerprint density at radius 2 is 1.07 bits per heavy atom. The molecule has 0 spiro atoms. The maximum atomic E-state index is 11.6. The van der Waals surface area contributed by atoms with Crippen LogP contribution < -0.4 is 11.1 Å². The first-order chi connectivity index (χ1) is 19.0. The number of nitrogens with two attached hydrogens (primary N) is 1. The molecular weight excluding hydrogens is 672 g/mol. The van der Waals surface area contributed by atoms with Gasteiger partial charge in [-0.3, -0.25) is 0 Å². The molecule has 0 fully saturated rings. The van der Waals surface area contributed by atoms with Gasteiger partial charge in [-0.25, -0.2) is 14.4 Å². The van der Waals surface area contributed by atoms with Gasteiger partial charge >= 0.3 is 18.4 Å². The third kappa shape index (κ3) is 21.1. The lowest BCUT2D eigenvalue weighted by atomic mass is 10.1. The number of rotatable bonds is 3. The summed E-state index contributed by atoms with van der Waals surface area (Å²) in [6.07, 6.45) is -2.52. The fraction of sp³-hybridized carbons (Fsp3) is 0.516. The smallest absolute Gasteiger partial charge is 0.444 e. The number of benzene rings is 2. The standard InChI is InChI=1S/C13H18BrNO2.C10H18O5.C8H10BrN/c1-9(10-6-5-7-11(14)8-10)15-12(16)17-13(2,3)4;1-9(2,3)14-7(11)13-8(12)15-10(4,5)6;1-6(10)7-3-2-4-8(9)5-7/h5-9H,1-4H3,(H,15,16);1-6H3;2-6H,10H2,1H3/t9-;;6-/m1.1/s1. The van der Waals surface area contributed by atoms with E-state index in [1.807, 2.05) is 83.1 Å². The number of hydrogen-bond donors (Lipinski definition) is 2. The molecule has 2 rings (SSSR count). The number of halogens is 2. The second kappa shape index (κ2) is 17.5. The second-order valence-corrected chi connectivity index (χ2v) is 14.1. The maximum absolute atomic E-state index is 11.6. The van der Waals surface area contributed by atoms with Gasteiger partial charge in [0.25, 0.3) is 0 Å². The minimum Gasteiger partial charge on any atom is -0.444 e. The number of carbonyl (C=O) groups is 3. The van der Waals surface area contributed by atoms with Crippen LogP contribution in [0.2, 0.25) is 0 Å². The van der Waals surface area contributed by atoms with Crippen molar-refractivity contribution in [3.8, 4) is 0 Å². The lowest BCUT2D eigenvalue weighted by molar-refractivity contribution is -0.0294. The van der Waals surface area contributed by atoms with Crippen molar-refractivity contribution in [1.82, 2.24) is 5.32 Å². The summed E-state index contributed by atoms with van der Waals surface area (Å²) in [6.45, 7) is 19.4. The topological polar surface area (TPSA) is 126 Å². The first-order valence-corrected chi connectivity index (χ1v) is 15.0. The van der Waals surface area contributed by atoms with Crippen molar-refractivity contribution < 1.29 is 33.3 Å². The van der Waals surface area contributed by atoms with Crippen LogP contribution in [-0.4, -0.2) is 35.2 Å². The minimum absolute atomic E-state index is 0.0812. The fourth-order valence-electron chi connectivity index (χ4n) is 2.74. The Hall–Kier alpha value is -2.63. The van der Waals surface area contributed by atoms with E-state index in [0.717, 1.165) is 20.1 Å². The lowest BCUT2D eigenvalue weighted by Crippen LogP contribution is -2.34. The molecule has 0 radical (unpaired) electrons. The molecule has 0 aliphatic carbocycles. The van der Waals surface area contributed by atoms with Gasteiger partial charge < -0.3 is 30.0 Å². The van der Waals surface area contributed by atoms with Crippen LogP contribution in [-0.2, 0) is 18.9 Å². The molecule has 0 heterocycles. The zero-order valence-corrected chi connectivity index (χ0v) is 29.6. The Labute approximate surface area is 267 Å². The van der Waals surface area contributed by atoms with Crippen molar-refractivity contribution in [2.45, 2.75) is 105 Å². The normalized spacial score (nSPS) is 12.6. The van der Waals surface area contributed by atoms with Crippen LogP contribution in [0.25, 0.3) is 0 Å². The van der Waals surface area contributed by atoms with Crippen LogP contribution in [0.3, 0.4) is 0 Å². The molecule has 236 valence electrons. The molecule has 1 amide bonds. The van der Waals surface area contributed by atoms with Gasteiger partial charge in [0.2, 0.25) is 0 Å². The first-order valence-electron chi connectivity index (χ1n) is 13.4. The molecule has 2 aromatic carbocycles. The summed E-state index contributed by atoms with van der Waals surface area (Å²) in [5, 5.41) is 2.80. The van der Waals surface area contributed by atoms with Crippen LogP contribution in [0.5, 0.6) is 0 Å². The van der Waals surface area contributed by atoms with Crippen molar-refractivity contribution in [2.24, 2.45) is 5.73 Å². The molecule has 3 N–H and O–H groups in total. The lowest BCUT2D eigenvalue weighted by Gasteiger charge is -2.22. The van der Waals surface area contributed by atoms with Gasteiger partial charge in [-0.05, 0) is 112 Å². The van der Waals surface area contributed by atoms with E-state index < -0.39 is 35.2 Å². The molecule has 0 aromatic heterocycles. The molecule has 0 bridgehead atoms. The molecule has 0 unspecified atom stereocenters. The van der Waals surface area contributed by atoms with E-state index in [1.54, 1.807) is 41.5 Å². The van der Waals surface area contributed by atoms with Crippen molar-refractivity contribution in [3.05, 3.63) is 68.6 Å². The molecule has 0 saturated carbocycles. The van der Waals surface area contributed by atoms with Crippen LogP contribution >= 0.6 is 31.9 Å². The quantitative estimate of drug-likeness (QED) is 0.183. The minimum atomic E-state index is -1.06. The summed E-state index contributed by atoms with van der Waals surface area (Å²) >= 11 is 6.78. The predicted molar refractivity (Wildman–Crippen MR) is 172 cm³/mol. The molecule has 11 heteroatoms. The van der Waals surface area contributed by atoms with E-state index in [-0.39, 0.29) is 12.1 Å². The first kappa shape index (κ1) is 39.4. The van der Waals surface area contributed by atoms with Gasteiger partial charge in [0.1, 0.15) is 16.8 Å². The molecule has 0 saturated heterocycles. The van der Waals surface area contributed by atoms with Crippen LogP contribution in [0, 0.1) is 0 Å². The van der Waals surface area contributed by atoms with Crippen LogP contribution in [0.4, 0.5) is 14.4 Å². The summed E-state index contributed by atoms with van der Waals surface area (Å²) in [6, 6.07) is 15.9. The van der Waals surface area contributed by atoms with Crippen molar-refractivity contribution >= 4 is 50.3 Å². The monoisotopic (exact) mass is 716 g/mol. The Morgan fingerprint density at radius 1 is 0.690 bits per heavy atom. The Bertz CT molecular complexity index is 1120. The molecule has 9 nitrogen and oxygen atoms in total. The van der Waals surface area contributed by atoms with Crippen molar-refractivity contribution in [2.75, 3.05) is 0 Å². The van der Waals surface area contributed by atoms with E-state index in [2.05, 4.69) is 41.9 Å². The molecule has 0 aliphatic heterocycles. The zero-order valence-electron chi connectivity index (χ0n) is 26.5. The molecule has 2 aromatic rings. The molecule has 0 aliphatic rings. The summed E-state index contributed by atoms with van der Waals surface area (Å²) in [7, 11) is 0. The summed E-state index contributed by atoms with van der Waals surface area (Å²) in [5.41, 5.74) is 5.99. The number of carbonyl (C=O) groups excluding carboxylic acids is 3. The number of amides is 1. The zero-order chi connectivity index (χ0) is 32.9. The average Bonchev–Trinajstić information content (AvgIpc) is 2.76. The second-order valence-electron chi connectivity index (χ2n) is 12.3. The summed E-state index contributed by atoms with van der Waals surface area (Å²) in [4.78, 5) is 33.6. The number of ether oxygens (including phenoxy) is 4. The Morgan fingerprint density at radius 3 is 1.40 bits per heavy atom. The number of nitrogens with one attached hydrogen (secondary N) is 1. The van der Waals surface area contributed by atoms with Gasteiger partial charge in [0.05, 0.1) is 6.04 Å². The highest BCUT2D eigenvalue weighted by atomic mass is 79.9. The van der Waals surface area contributed by atoms with Crippen LogP contribution in [0.1, 0.15) is 99.4 Å². The summed E-state index contributed by atoms with van der Waals surface area (Å²) in [5.74, 6) is 0. The molecular formula is C31H46Br2N2O7. The molecule has 2 atom stereocenters. The summed E-state index contributed by atoms with van der Waals surface area (Å²) < 4.78 is 21.1. The maximum Gasteiger partial charge on any atom is 0.519 e. The third-order valence-corrected chi connectivity index (χ3v) is 5.39. The third-order valence-electron chi connectivity index (χ3n) is 4.40.